The Morgan fingerprint density at radius 3 is 2.39 bits per heavy atom. The fourth-order valence-corrected chi connectivity index (χ4v) is 5.15. The number of thiocarbonyl (C=S) groups is 1. The second kappa shape index (κ2) is 11.7. The molecule has 36 heavy (non-hydrogen) atoms. The lowest BCUT2D eigenvalue weighted by Crippen LogP contribution is -2.44. The normalized spacial score (nSPS) is 14.7. The summed E-state index contributed by atoms with van der Waals surface area (Å²) in [6, 6.07) is 18.8. The van der Waals surface area contributed by atoms with Crippen LogP contribution in [-0.4, -0.2) is 37.4 Å². The summed E-state index contributed by atoms with van der Waals surface area (Å²) in [6.45, 7) is 7.68. The van der Waals surface area contributed by atoms with Gasteiger partial charge < -0.3 is 24.4 Å². The maximum absolute atomic E-state index is 6.33. The van der Waals surface area contributed by atoms with Crippen LogP contribution in [0.15, 0.2) is 54.6 Å². The van der Waals surface area contributed by atoms with Gasteiger partial charge in [0, 0.05) is 12.2 Å². The van der Waals surface area contributed by atoms with E-state index in [0.29, 0.717) is 17.5 Å². The number of anilines is 1. The summed E-state index contributed by atoms with van der Waals surface area (Å²) in [5.74, 6) is 2.31. The van der Waals surface area contributed by atoms with Crippen LogP contribution in [0.2, 0.25) is 0 Å². The van der Waals surface area contributed by atoms with Crippen molar-refractivity contribution in [2.75, 3.05) is 32.7 Å². The molecule has 0 fully saturated rings. The average molecular weight is 505 g/mol. The molecule has 190 valence electrons. The molecule has 0 bridgehead atoms. The molecule has 1 N–H and O–H groups in total. The Balaban J connectivity index is 1.66. The molecule has 1 unspecified atom stereocenters. The fraction of sp³-hybridized carbons (Fsp3) is 0.367. The van der Waals surface area contributed by atoms with Gasteiger partial charge in [0.05, 0.1) is 20.3 Å². The van der Waals surface area contributed by atoms with E-state index in [9.17, 15) is 0 Å². The van der Waals surface area contributed by atoms with E-state index >= 15 is 0 Å². The van der Waals surface area contributed by atoms with Crippen LogP contribution in [0.5, 0.6) is 17.2 Å². The SMILES string of the molecule is CCc1ccc(OCC2c3cc(OC)c(OC)cc3CCN2C(=S)Nc2c(C)cccc2CC)cc1. The van der Waals surface area contributed by atoms with Gasteiger partial charge in [0.15, 0.2) is 16.6 Å². The lowest BCUT2D eigenvalue weighted by atomic mass is 9.92. The molecule has 0 aromatic heterocycles. The number of hydrogen-bond acceptors (Lipinski definition) is 4. The third kappa shape index (κ3) is 5.44. The highest BCUT2D eigenvalue weighted by atomic mass is 32.1. The summed E-state index contributed by atoms with van der Waals surface area (Å²) >= 11 is 6.01. The lowest BCUT2D eigenvalue weighted by Gasteiger charge is -2.39. The van der Waals surface area contributed by atoms with Crippen molar-refractivity contribution in [1.29, 1.82) is 0 Å². The lowest BCUT2D eigenvalue weighted by molar-refractivity contribution is 0.190. The Bertz CT molecular complexity index is 1210. The van der Waals surface area contributed by atoms with Gasteiger partial charge in [0.25, 0.3) is 0 Å². The third-order valence-corrected chi connectivity index (χ3v) is 7.31. The van der Waals surface area contributed by atoms with Crippen LogP contribution in [0.25, 0.3) is 0 Å². The first-order valence-electron chi connectivity index (χ1n) is 12.6. The van der Waals surface area contributed by atoms with Crippen molar-refractivity contribution in [2.45, 2.75) is 46.1 Å². The van der Waals surface area contributed by atoms with E-state index in [2.05, 4.69) is 73.5 Å². The molecule has 3 aromatic carbocycles. The molecule has 0 saturated heterocycles. The van der Waals surface area contributed by atoms with E-state index in [-0.39, 0.29) is 6.04 Å². The van der Waals surface area contributed by atoms with Crippen LogP contribution in [-0.2, 0) is 19.3 Å². The van der Waals surface area contributed by atoms with Crippen molar-refractivity contribution in [3.8, 4) is 17.2 Å². The van der Waals surface area contributed by atoms with E-state index in [4.69, 9.17) is 26.4 Å². The van der Waals surface area contributed by atoms with Crippen molar-refractivity contribution in [2.24, 2.45) is 0 Å². The maximum atomic E-state index is 6.33. The number of ether oxygens (including phenoxy) is 3. The van der Waals surface area contributed by atoms with Crippen molar-refractivity contribution in [3.63, 3.8) is 0 Å². The van der Waals surface area contributed by atoms with E-state index in [1.165, 1.54) is 22.3 Å². The van der Waals surface area contributed by atoms with Gasteiger partial charge in [-0.25, -0.2) is 0 Å². The fourth-order valence-electron chi connectivity index (χ4n) is 4.83. The van der Waals surface area contributed by atoms with Gasteiger partial charge in [-0.15, -0.1) is 0 Å². The number of para-hydroxylation sites is 1. The van der Waals surface area contributed by atoms with Crippen LogP contribution in [0.3, 0.4) is 0 Å². The Labute approximate surface area is 220 Å². The van der Waals surface area contributed by atoms with Gasteiger partial charge in [-0.1, -0.05) is 44.2 Å². The minimum absolute atomic E-state index is 0.0755. The van der Waals surface area contributed by atoms with Crippen LogP contribution in [0.1, 0.15) is 47.7 Å². The Hall–Kier alpha value is -3.25. The van der Waals surface area contributed by atoms with Crippen molar-refractivity contribution in [3.05, 3.63) is 82.4 Å². The first-order valence-corrected chi connectivity index (χ1v) is 13.0. The number of aryl methyl sites for hydroxylation is 3. The van der Waals surface area contributed by atoms with Gasteiger partial charge in [0.2, 0.25) is 0 Å². The molecule has 3 aromatic rings. The molecular formula is C30H36N2O3S. The molecule has 0 spiro atoms. The first-order chi connectivity index (χ1) is 17.5. The van der Waals surface area contributed by atoms with Gasteiger partial charge in [-0.05, 0) is 90.5 Å². The Kier molecular flexibility index (Phi) is 8.36. The van der Waals surface area contributed by atoms with Gasteiger partial charge >= 0.3 is 0 Å². The number of fused-ring (bicyclic) bond motifs is 1. The van der Waals surface area contributed by atoms with Crippen molar-refractivity contribution in [1.82, 2.24) is 4.90 Å². The molecule has 0 aliphatic carbocycles. The molecule has 1 aliphatic heterocycles. The number of benzene rings is 3. The highest BCUT2D eigenvalue weighted by Crippen LogP contribution is 2.39. The zero-order chi connectivity index (χ0) is 25.7. The van der Waals surface area contributed by atoms with Crippen LogP contribution < -0.4 is 19.5 Å². The molecule has 1 aliphatic rings. The van der Waals surface area contributed by atoms with Crippen LogP contribution in [0, 0.1) is 6.92 Å². The molecule has 1 heterocycles. The van der Waals surface area contributed by atoms with Crippen molar-refractivity contribution >= 4 is 23.0 Å². The second-order valence-corrected chi connectivity index (χ2v) is 9.45. The maximum Gasteiger partial charge on any atom is 0.174 e. The molecule has 1 atom stereocenters. The molecular weight excluding hydrogens is 468 g/mol. The van der Waals surface area contributed by atoms with E-state index in [0.717, 1.165) is 48.6 Å². The minimum Gasteiger partial charge on any atom is -0.493 e. The highest BCUT2D eigenvalue weighted by Gasteiger charge is 2.32. The third-order valence-electron chi connectivity index (χ3n) is 6.97. The van der Waals surface area contributed by atoms with Crippen LogP contribution >= 0.6 is 12.2 Å². The Morgan fingerprint density at radius 1 is 1.00 bits per heavy atom. The summed E-state index contributed by atoms with van der Waals surface area (Å²) in [6.07, 6.45) is 2.80. The summed E-state index contributed by atoms with van der Waals surface area (Å²) in [7, 11) is 3.34. The number of nitrogens with one attached hydrogen (secondary N) is 1. The van der Waals surface area contributed by atoms with Gasteiger partial charge in [0.1, 0.15) is 12.4 Å². The quantitative estimate of drug-likeness (QED) is 0.353. The average Bonchev–Trinajstić information content (AvgIpc) is 2.91. The summed E-state index contributed by atoms with van der Waals surface area (Å²) in [5, 5.41) is 4.27. The summed E-state index contributed by atoms with van der Waals surface area (Å²) in [4.78, 5) is 2.25. The minimum atomic E-state index is -0.0755. The zero-order valence-electron chi connectivity index (χ0n) is 21.9. The Morgan fingerprint density at radius 2 is 1.72 bits per heavy atom. The van der Waals surface area contributed by atoms with Gasteiger partial charge in [-0.2, -0.15) is 0 Å². The standard InChI is InChI=1S/C30H36N2O3S/c1-6-21-11-13-24(14-12-21)35-19-26-25-18-28(34-5)27(33-4)17-23(25)15-16-32(26)30(36)31-29-20(3)9-8-10-22(29)7-2/h8-14,17-18,26H,6-7,15-16,19H2,1-5H3,(H,31,36). The number of methoxy groups -OCH3 is 2. The van der Waals surface area contributed by atoms with E-state index in [1.54, 1.807) is 14.2 Å². The molecule has 6 heteroatoms. The molecule has 5 nitrogen and oxygen atoms in total. The zero-order valence-corrected chi connectivity index (χ0v) is 22.7. The largest absolute Gasteiger partial charge is 0.493 e. The number of hydrogen-bond donors (Lipinski definition) is 1. The van der Waals surface area contributed by atoms with E-state index < -0.39 is 0 Å². The summed E-state index contributed by atoms with van der Waals surface area (Å²) in [5.41, 5.74) is 7.20. The molecule has 0 radical (unpaired) electrons. The topological polar surface area (TPSA) is 43.0 Å². The second-order valence-electron chi connectivity index (χ2n) is 9.07. The smallest absolute Gasteiger partial charge is 0.174 e. The summed E-state index contributed by atoms with van der Waals surface area (Å²) < 4.78 is 17.5. The predicted molar refractivity (Wildman–Crippen MR) is 151 cm³/mol. The number of nitrogens with zero attached hydrogens (tertiary/aromatic N) is 1. The van der Waals surface area contributed by atoms with E-state index in [1.807, 2.05) is 12.1 Å². The van der Waals surface area contributed by atoms with Crippen molar-refractivity contribution < 1.29 is 14.2 Å². The molecule has 4 rings (SSSR count). The monoisotopic (exact) mass is 504 g/mol. The van der Waals surface area contributed by atoms with Crippen LogP contribution in [0.4, 0.5) is 5.69 Å². The molecule has 0 saturated carbocycles. The highest BCUT2D eigenvalue weighted by molar-refractivity contribution is 7.80. The van der Waals surface area contributed by atoms with Gasteiger partial charge in [-0.3, -0.25) is 0 Å². The molecule has 0 amide bonds. The predicted octanol–water partition coefficient (Wildman–Crippen LogP) is 6.51. The first kappa shape index (κ1) is 25.8. The number of rotatable bonds is 8.